The quantitative estimate of drug-likeness (QED) is 0.600. The van der Waals surface area contributed by atoms with Crippen LogP contribution in [0.1, 0.15) is 12.5 Å². The molecule has 0 bridgehead atoms. The van der Waals surface area contributed by atoms with Gasteiger partial charge in [0, 0.05) is 30.4 Å². The van der Waals surface area contributed by atoms with Crippen molar-refractivity contribution in [3.8, 4) is 28.4 Å². The molecule has 0 saturated heterocycles. The largest absolute Gasteiger partial charge is 0.464 e. The maximum atomic E-state index is 9.33. The first kappa shape index (κ1) is 16.2. The number of aliphatic hydroxyl groups excluding tert-OH is 1. The van der Waals surface area contributed by atoms with E-state index in [-0.39, 0.29) is 6.61 Å². The Bertz CT molecular complexity index is 1040. The maximum Gasteiger partial charge on any atom is 0.316 e. The molecule has 4 aromatic rings. The molecule has 0 unspecified atom stereocenters. The average Bonchev–Trinajstić information content (AvgIpc) is 3.12. The number of pyridine rings is 1. The lowest BCUT2D eigenvalue weighted by Crippen LogP contribution is -1.96. The van der Waals surface area contributed by atoms with Crippen molar-refractivity contribution < 1.29 is 9.84 Å². The number of aromatic nitrogens is 4. The Morgan fingerprint density at radius 3 is 2.62 bits per heavy atom. The molecule has 6 heteroatoms. The van der Waals surface area contributed by atoms with E-state index in [1.54, 1.807) is 12.4 Å². The second-order valence-corrected chi connectivity index (χ2v) is 5.86. The van der Waals surface area contributed by atoms with Crippen molar-refractivity contribution in [1.29, 1.82) is 0 Å². The number of hydrogen-bond donors (Lipinski definition) is 1. The summed E-state index contributed by atoms with van der Waals surface area (Å²) in [5.41, 5.74) is 5.48. The minimum atomic E-state index is 0.0308. The van der Waals surface area contributed by atoms with Gasteiger partial charge in [0.2, 0.25) is 0 Å². The van der Waals surface area contributed by atoms with Gasteiger partial charge in [-0.05, 0) is 41.8 Å². The van der Waals surface area contributed by atoms with E-state index in [2.05, 4.69) is 15.0 Å². The molecular formula is C20H18N4O2. The standard InChI is InChI=1S/C20H18N4O2/c1-2-26-20-21-9-17(10-22-20)18-12-24-11-16(6-7-19(24)23-18)15-5-3-4-14(8-15)13-25/h3-12,25H,2,13H2,1H3. The molecule has 0 atom stereocenters. The summed E-state index contributed by atoms with van der Waals surface area (Å²) in [6, 6.07) is 12.2. The highest BCUT2D eigenvalue weighted by Crippen LogP contribution is 2.24. The third-order valence-corrected chi connectivity index (χ3v) is 4.09. The first-order chi connectivity index (χ1) is 12.8. The highest BCUT2D eigenvalue weighted by molar-refractivity contribution is 5.67. The molecule has 0 radical (unpaired) electrons. The molecule has 4 rings (SSSR count). The number of fused-ring (bicyclic) bond motifs is 1. The Kier molecular flexibility index (Phi) is 4.33. The smallest absolute Gasteiger partial charge is 0.316 e. The van der Waals surface area contributed by atoms with Crippen molar-refractivity contribution in [2.45, 2.75) is 13.5 Å². The fourth-order valence-corrected chi connectivity index (χ4v) is 2.80. The zero-order valence-electron chi connectivity index (χ0n) is 14.3. The topological polar surface area (TPSA) is 72.5 Å². The highest BCUT2D eigenvalue weighted by Gasteiger charge is 2.08. The van der Waals surface area contributed by atoms with Crippen molar-refractivity contribution >= 4 is 5.65 Å². The first-order valence-electron chi connectivity index (χ1n) is 8.41. The number of aliphatic hydroxyl groups is 1. The molecule has 1 aromatic carbocycles. The number of ether oxygens (including phenoxy) is 1. The third-order valence-electron chi connectivity index (χ3n) is 4.09. The summed E-state index contributed by atoms with van der Waals surface area (Å²) >= 11 is 0. The fourth-order valence-electron chi connectivity index (χ4n) is 2.80. The minimum absolute atomic E-state index is 0.0308. The van der Waals surface area contributed by atoms with E-state index in [1.807, 2.05) is 60.1 Å². The van der Waals surface area contributed by atoms with E-state index in [9.17, 15) is 5.11 Å². The van der Waals surface area contributed by atoms with Gasteiger partial charge in [-0.3, -0.25) is 0 Å². The second-order valence-electron chi connectivity index (χ2n) is 5.86. The monoisotopic (exact) mass is 346 g/mol. The van der Waals surface area contributed by atoms with E-state index in [1.165, 1.54) is 0 Å². The van der Waals surface area contributed by atoms with Gasteiger partial charge in [-0.25, -0.2) is 15.0 Å². The summed E-state index contributed by atoms with van der Waals surface area (Å²) < 4.78 is 7.25. The van der Waals surface area contributed by atoms with E-state index in [0.29, 0.717) is 12.6 Å². The number of rotatable bonds is 5. The molecule has 0 saturated carbocycles. The Morgan fingerprint density at radius 2 is 1.85 bits per heavy atom. The van der Waals surface area contributed by atoms with Gasteiger partial charge in [-0.1, -0.05) is 18.2 Å². The van der Waals surface area contributed by atoms with Gasteiger partial charge >= 0.3 is 6.01 Å². The molecule has 3 heterocycles. The number of nitrogens with zero attached hydrogens (tertiary/aromatic N) is 4. The van der Waals surface area contributed by atoms with E-state index in [4.69, 9.17) is 4.74 Å². The Morgan fingerprint density at radius 1 is 1.00 bits per heavy atom. The lowest BCUT2D eigenvalue weighted by Gasteiger charge is -2.04. The number of imidazole rings is 1. The van der Waals surface area contributed by atoms with Crippen LogP contribution in [0.5, 0.6) is 6.01 Å². The lowest BCUT2D eigenvalue weighted by atomic mass is 10.1. The van der Waals surface area contributed by atoms with Gasteiger partial charge in [0.25, 0.3) is 0 Å². The van der Waals surface area contributed by atoms with Crippen molar-refractivity contribution in [3.63, 3.8) is 0 Å². The van der Waals surface area contributed by atoms with Gasteiger partial charge in [0.05, 0.1) is 18.9 Å². The number of benzene rings is 1. The summed E-state index contributed by atoms with van der Waals surface area (Å²) in [4.78, 5) is 13.0. The summed E-state index contributed by atoms with van der Waals surface area (Å²) in [5.74, 6) is 0. The van der Waals surface area contributed by atoms with Crippen LogP contribution < -0.4 is 4.74 Å². The van der Waals surface area contributed by atoms with Crippen LogP contribution >= 0.6 is 0 Å². The van der Waals surface area contributed by atoms with Gasteiger partial charge in [0.15, 0.2) is 0 Å². The molecule has 0 spiro atoms. The number of hydrogen-bond acceptors (Lipinski definition) is 5. The fraction of sp³-hybridized carbons (Fsp3) is 0.150. The second kappa shape index (κ2) is 6.93. The van der Waals surface area contributed by atoms with Crippen LogP contribution in [-0.2, 0) is 6.61 Å². The predicted molar refractivity (Wildman–Crippen MR) is 98.7 cm³/mol. The van der Waals surface area contributed by atoms with Gasteiger partial charge in [-0.15, -0.1) is 0 Å². The summed E-state index contributed by atoms with van der Waals surface area (Å²) in [6.07, 6.45) is 7.41. The zero-order valence-corrected chi connectivity index (χ0v) is 14.3. The van der Waals surface area contributed by atoms with E-state index < -0.39 is 0 Å². The molecule has 0 aliphatic carbocycles. The van der Waals surface area contributed by atoms with Crippen LogP contribution in [-0.4, -0.2) is 31.1 Å². The van der Waals surface area contributed by atoms with Crippen LogP contribution in [0.25, 0.3) is 28.0 Å². The molecule has 0 fully saturated rings. The van der Waals surface area contributed by atoms with Gasteiger partial charge in [0.1, 0.15) is 5.65 Å². The molecule has 3 aromatic heterocycles. The van der Waals surface area contributed by atoms with Crippen molar-refractivity contribution in [2.75, 3.05) is 6.61 Å². The molecule has 1 N–H and O–H groups in total. The highest BCUT2D eigenvalue weighted by atomic mass is 16.5. The van der Waals surface area contributed by atoms with Crippen LogP contribution in [0.15, 0.2) is 61.2 Å². The van der Waals surface area contributed by atoms with Gasteiger partial charge < -0.3 is 14.2 Å². The van der Waals surface area contributed by atoms with Crippen LogP contribution in [0.3, 0.4) is 0 Å². The SMILES string of the molecule is CCOc1ncc(-c2cn3cc(-c4cccc(CO)c4)ccc3n2)cn1. The normalized spacial score (nSPS) is 11.0. The molecule has 6 nitrogen and oxygen atoms in total. The molecule has 0 amide bonds. The summed E-state index contributed by atoms with van der Waals surface area (Å²) in [6.45, 7) is 2.46. The molecular weight excluding hydrogens is 328 g/mol. The van der Waals surface area contributed by atoms with Crippen LogP contribution in [0, 0.1) is 0 Å². The Labute approximate surface area is 150 Å². The minimum Gasteiger partial charge on any atom is -0.464 e. The van der Waals surface area contributed by atoms with Crippen molar-refractivity contribution in [3.05, 3.63) is 66.7 Å². The van der Waals surface area contributed by atoms with E-state index >= 15 is 0 Å². The average molecular weight is 346 g/mol. The molecule has 26 heavy (non-hydrogen) atoms. The first-order valence-corrected chi connectivity index (χ1v) is 8.41. The Balaban J connectivity index is 1.69. The van der Waals surface area contributed by atoms with Crippen molar-refractivity contribution in [2.24, 2.45) is 0 Å². The zero-order chi connectivity index (χ0) is 17.9. The Hall–Kier alpha value is -3.25. The predicted octanol–water partition coefficient (Wildman–Crippen LogP) is 3.35. The maximum absolute atomic E-state index is 9.33. The van der Waals surface area contributed by atoms with E-state index in [0.717, 1.165) is 33.6 Å². The summed E-state index contributed by atoms with van der Waals surface area (Å²) in [7, 11) is 0. The van der Waals surface area contributed by atoms with Crippen LogP contribution in [0.4, 0.5) is 0 Å². The third kappa shape index (κ3) is 3.14. The van der Waals surface area contributed by atoms with Crippen LogP contribution in [0.2, 0.25) is 0 Å². The van der Waals surface area contributed by atoms with Gasteiger partial charge in [-0.2, -0.15) is 0 Å². The molecule has 130 valence electrons. The molecule has 0 aliphatic heterocycles. The molecule has 0 aliphatic rings. The van der Waals surface area contributed by atoms with Crippen molar-refractivity contribution in [1.82, 2.24) is 19.4 Å². The summed E-state index contributed by atoms with van der Waals surface area (Å²) in [5, 5.41) is 9.33. The lowest BCUT2D eigenvalue weighted by molar-refractivity contribution is 0.282.